The Bertz CT molecular complexity index is 418. The minimum Gasteiger partial charge on any atom is -0.363 e. The minimum atomic E-state index is -0.165. The SMILES string of the molecule is CN(CCc1ccncc1)C(=O)COC1(C)CNC1. The van der Waals surface area contributed by atoms with Gasteiger partial charge in [-0.3, -0.25) is 9.78 Å². The Morgan fingerprint density at radius 3 is 2.74 bits per heavy atom. The maximum absolute atomic E-state index is 11.9. The molecule has 5 heteroatoms. The molecule has 1 N–H and O–H groups in total. The van der Waals surface area contributed by atoms with Crippen LogP contribution in [0.15, 0.2) is 24.5 Å². The first-order valence-electron chi connectivity index (χ1n) is 6.57. The number of hydrogen-bond acceptors (Lipinski definition) is 4. The summed E-state index contributed by atoms with van der Waals surface area (Å²) in [5.41, 5.74) is 1.02. The molecule has 0 aliphatic carbocycles. The van der Waals surface area contributed by atoms with Crippen LogP contribution in [-0.4, -0.2) is 54.7 Å². The first-order valence-corrected chi connectivity index (χ1v) is 6.57. The van der Waals surface area contributed by atoms with E-state index in [1.54, 1.807) is 17.3 Å². The second-order valence-corrected chi connectivity index (χ2v) is 5.26. The quantitative estimate of drug-likeness (QED) is 0.810. The van der Waals surface area contributed by atoms with E-state index in [-0.39, 0.29) is 18.1 Å². The molecule has 2 rings (SSSR count). The van der Waals surface area contributed by atoms with Gasteiger partial charge >= 0.3 is 0 Å². The van der Waals surface area contributed by atoms with E-state index in [0.717, 1.165) is 19.5 Å². The van der Waals surface area contributed by atoms with E-state index >= 15 is 0 Å². The van der Waals surface area contributed by atoms with Gasteiger partial charge in [-0.05, 0) is 31.0 Å². The number of amides is 1. The predicted molar refractivity (Wildman–Crippen MR) is 72.8 cm³/mol. The zero-order chi connectivity index (χ0) is 13.7. The molecular formula is C14H21N3O2. The standard InChI is InChI=1S/C14H21N3O2/c1-14(10-16-11-14)19-9-13(18)17(2)8-5-12-3-6-15-7-4-12/h3-4,6-7,16H,5,8-11H2,1-2H3. The lowest BCUT2D eigenvalue weighted by molar-refractivity contribution is -0.144. The van der Waals surface area contributed by atoms with Gasteiger partial charge in [0.25, 0.3) is 0 Å². The van der Waals surface area contributed by atoms with E-state index in [2.05, 4.69) is 10.3 Å². The second-order valence-electron chi connectivity index (χ2n) is 5.26. The summed E-state index contributed by atoms with van der Waals surface area (Å²) < 4.78 is 5.64. The molecule has 1 saturated heterocycles. The van der Waals surface area contributed by atoms with Crippen LogP contribution in [0.5, 0.6) is 0 Å². The topological polar surface area (TPSA) is 54.5 Å². The van der Waals surface area contributed by atoms with Gasteiger partial charge in [-0.2, -0.15) is 0 Å². The highest BCUT2D eigenvalue weighted by Crippen LogP contribution is 2.14. The molecule has 1 aromatic heterocycles. The van der Waals surface area contributed by atoms with Gasteiger partial charge in [-0.25, -0.2) is 0 Å². The van der Waals surface area contributed by atoms with Crippen LogP contribution in [0.4, 0.5) is 0 Å². The zero-order valence-corrected chi connectivity index (χ0v) is 11.6. The van der Waals surface area contributed by atoms with Crippen molar-refractivity contribution < 1.29 is 9.53 Å². The molecule has 5 nitrogen and oxygen atoms in total. The lowest BCUT2D eigenvalue weighted by Crippen LogP contribution is -2.59. The molecule has 0 saturated carbocycles. The number of nitrogens with one attached hydrogen (secondary N) is 1. The van der Waals surface area contributed by atoms with Crippen LogP contribution in [0, 0.1) is 0 Å². The van der Waals surface area contributed by atoms with Gasteiger partial charge < -0.3 is 15.0 Å². The van der Waals surface area contributed by atoms with Gasteiger partial charge in [0.1, 0.15) is 6.61 Å². The number of likely N-dealkylation sites (N-methyl/N-ethyl adjacent to an activating group) is 1. The smallest absolute Gasteiger partial charge is 0.248 e. The van der Waals surface area contributed by atoms with Gasteiger partial charge in [-0.15, -0.1) is 0 Å². The van der Waals surface area contributed by atoms with Crippen LogP contribution in [-0.2, 0) is 16.0 Å². The van der Waals surface area contributed by atoms with Crippen LogP contribution < -0.4 is 5.32 Å². The number of carbonyl (C=O) groups is 1. The van der Waals surface area contributed by atoms with Crippen molar-refractivity contribution in [3.8, 4) is 0 Å². The van der Waals surface area contributed by atoms with E-state index in [1.807, 2.05) is 26.1 Å². The molecule has 0 unspecified atom stereocenters. The van der Waals surface area contributed by atoms with Crippen LogP contribution >= 0.6 is 0 Å². The van der Waals surface area contributed by atoms with E-state index < -0.39 is 0 Å². The average molecular weight is 263 g/mol. The third kappa shape index (κ3) is 4.01. The molecule has 0 bridgehead atoms. The molecule has 0 spiro atoms. The molecular weight excluding hydrogens is 242 g/mol. The summed E-state index contributed by atoms with van der Waals surface area (Å²) in [5, 5.41) is 3.15. The van der Waals surface area contributed by atoms with E-state index in [0.29, 0.717) is 6.54 Å². The maximum atomic E-state index is 11.9. The lowest BCUT2D eigenvalue weighted by Gasteiger charge is -2.39. The largest absolute Gasteiger partial charge is 0.363 e. The van der Waals surface area contributed by atoms with Gasteiger partial charge in [0.2, 0.25) is 5.91 Å². The van der Waals surface area contributed by atoms with Gasteiger partial charge in [0, 0.05) is 39.1 Å². The Morgan fingerprint density at radius 1 is 1.47 bits per heavy atom. The number of nitrogens with zero attached hydrogens (tertiary/aromatic N) is 2. The molecule has 0 aromatic carbocycles. The molecule has 0 radical (unpaired) electrons. The van der Waals surface area contributed by atoms with E-state index in [9.17, 15) is 4.79 Å². The number of aromatic nitrogens is 1. The molecule has 1 aliphatic rings. The fourth-order valence-electron chi connectivity index (χ4n) is 1.90. The van der Waals surface area contributed by atoms with Crippen molar-refractivity contribution in [2.24, 2.45) is 0 Å². The summed E-state index contributed by atoms with van der Waals surface area (Å²) in [5.74, 6) is 0.0298. The summed E-state index contributed by atoms with van der Waals surface area (Å²) in [6.45, 7) is 4.52. The fourth-order valence-corrected chi connectivity index (χ4v) is 1.90. The molecule has 1 amide bonds. The monoisotopic (exact) mass is 263 g/mol. The average Bonchev–Trinajstić information content (AvgIpc) is 2.41. The summed E-state index contributed by atoms with van der Waals surface area (Å²) >= 11 is 0. The first kappa shape index (κ1) is 14.0. The molecule has 19 heavy (non-hydrogen) atoms. The van der Waals surface area contributed by atoms with Crippen molar-refractivity contribution in [3.05, 3.63) is 30.1 Å². The summed E-state index contributed by atoms with van der Waals surface area (Å²) in [4.78, 5) is 17.6. The van der Waals surface area contributed by atoms with Crippen molar-refractivity contribution in [2.75, 3.05) is 33.3 Å². The van der Waals surface area contributed by atoms with Gasteiger partial charge in [0.15, 0.2) is 0 Å². The maximum Gasteiger partial charge on any atom is 0.248 e. The highest BCUT2D eigenvalue weighted by molar-refractivity contribution is 5.77. The van der Waals surface area contributed by atoms with Crippen LogP contribution in [0.2, 0.25) is 0 Å². The molecule has 104 valence electrons. The Morgan fingerprint density at radius 2 is 2.16 bits per heavy atom. The van der Waals surface area contributed by atoms with Gasteiger partial charge in [0.05, 0.1) is 5.60 Å². The highest BCUT2D eigenvalue weighted by atomic mass is 16.5. The summed E-state index contributed by atoms with van der Waals surface area (Å²) in [7, 11) is 1.81. The number of carbonyl (C=O) groups excluding carboxylic acids is 1. The Balaban J connectivity index is 1.70. The van der Waals surface area contributed by atoms with Crippen LogP contribution in [0.1, 0.15) is 12.5 Å². The molecule has 1 fully saturated rings. The fraction of sp³-hybridized carbons (Fsp3) is 0.571. The number of rotatable bonds is 6. The summed E-state index contributed by atoms with van der Waals surface area (Å²) in [6.07, 6.45) is 4.37. The van der Waals surface area contributed by atoms with Crippen molar-refractivity contribution in [2.45, 2.75) is 18.9 Å². The minimum absolute atomic E-state index is 0.0298. The van der Waals surface area contributed by atoms with Crippen LogP contribution in [0.25, 0.3) is 0 Å². The van der Waals surface area contributed by atoms with Crippen LogP contribution in [0.3, 0.4) is 0 Å². The third-order valence-corrected chi connectivity index (χ3v) is 3.45. The predicted octanol–water partition coefficient (Wildman–Crippen LogP) is 0.461. The molecule has 2 heterocycles. The van der Waals surface area contributed by atoms with Crippen molar-refractivity contribution in [3.63, 3.8) is 0 Å². The Labute approximate surface area is 114 Å². The Kier molecular flexibility index (Phi) is 4.50. The van der Waals surface area contributed by atoms with Gasteiger partial charge in [-0.1, -0.05) is 0 Å². The number of hydrogen-bond donors (Lipinski definition) is 1. The highest BCUT2D eigenvalue weighted by Gasteiger charge is 2.33. The lowest BCUT2D eigenvalue weighted by atomic mass is 10.0. The number of ether oxygens (including phenoxy) is 1. The van der Waals surface area contributed by atoms with Crippen molar-refractivity contribution in [1.82, 2.24) is 15.2 Å². The Hall–Kier alpha value is -1.46. The molecule has 1 aromatic rings. The zero-order valence-electron chi connectivity index (χ0n) is 11.6. The number of pyridine rings is 1. The third-order valence-electron chi connectivity index (χ3n) is 3.45. The normalized spacial score (nSPS) is 16.7. The molecule has 0 atom stereocenters. The van der Waals surface area contributed by atoms with E-state index in [1.165, 1.54) is 5.56 Å². The van der Waals surface area contributed by atoms with Crippen molar-refractivity contribution >= 4 is 5.91 Å². The van der Waals surface area contributed by atoms with E-state index in [4.69, 9.17) is 4.74 Å². The van der Waals surface area contributed by atoms with Crippen molar-refractivity contribution in [1.29, 1.82) is 0 Å². The second kappa shape index (κ2) is 6.12. The first-order chi connectivity index (χ1) is 9.09. The molecule has 1 aliphatic heterocycles. The summed E-state index contributed by atoms with van der Waals surface area (Å²) in [6, 6.07) is 3.94.